The molecule has 2 N–H and O–H groups in total. The van der Waals surface area contributed by atoms with E-state index in [9.17, 15) is 9.59 Å². The first-order valence-corrected chi connectivity index (χ1v) is 3.73. The molecule has 14 heavy (non-hydrogen) atoms. The Morgan fingerprint density at radius 3 is 2.79 bits per heavy atom. The fourth-order valence-electron chi connectivity index (χ4n) is 0.740. The summed E-state index contributed by atoms with van der Waals surface area (Å²) in [6, 6.07) is 1.52. The van der Waals surface area contributed by atoms with Crippen molar-refractivity contribution in [2.75, 3.05) is 5.32 Å². The number of nitrogens with one attached hydrogen (secondary N) is 1. The van der Waals surface area contributed by atoms with Gasteiger partial charge < -0.3 is 14.9 Å². The molecule has 1 rings (SSSR count). The minimum absolute atomic E-state index is 0.252. The van der Waals surface area contributed by atoms with Crippen LogP contribution in [0.3, 0.4) is 0 Å². The number of carboxylic acids is 1. The fourth-order valence-corrected chi connectivity index (χ4v) is 0.740. The molecule has 0 aromatic carbocycles. The van der Waals surface area contributed by atoms with E-state index >= 15 is 0 Å². The van der Waals surface area contributed by atoms with E-state index in [0.29, 0.717) is 5.76 Å². The van der Waals surface area contributed by atoms with Crippen LogP contribution >= 0.6 is 0 Å². The summed E-state index contributed by atoms with van der Waals surface area (Å²) in [4.78, 5) is 21.0. The van der Waals surface area contributed by atoms with Crippen LogP contribution in [-0.2, 0) is 9.59 Å². The molecule has 0 saturated carbocycles. The Balaban J connectivity index is 2.53. The Bertz CT molecular complexity index is 380. The van der Waals surface area contributed by atoms with Gasteiger partial charge in [-0.1, -0.05) is 5.16 Å². The largest absolute Gasteiger partial charge is 0.478 e. The third-order valence-corrected chi connectivity index (χ3v) is 1.26. The predicted molar refractivity (Wildman–Crippen MR) is 46.6 cm³/mol. The van der Waals surface area contributed by atoms with Crippen molar-refractivity contribution < 1.29 is 19.2 Å². The number of nitrogens with zero attached hydrogens (tertiary/aromatic N) is 1. The van der Waals surface area contributed by atoms with Crippen LogP contribution in [0, 0.1) is 6.92 Å². The summed E-state index contributed by atoms with van der Waals surface area (Å²) in [6.45, 7) is 1.68. The molecule has 1 aromatic heterocycles. The van der Waals surface area contributed by atoms with Crippen LogP contribution in [-0.4, -0.2) is 22.1 Å². The third kappa shape index (κ3) is 3.10. The van der Waals surface area contributed by atoms with E-state index in [-0.39, 0.29) is 5.82 Å². The second kappa shape index (κ2) is 4.22. The highest BCUT2D eigenvalue weighted by molar-refractivity contribution is 6.01. The highest BCUT2D eigenvalue weighted by atomic mass is 16.5. The SMILES string of the molecule is Cc1cc(NC(=O)/C=C/C(=O)O)no1. The summed E-state index contributed by atoms with van der Waals surface area (Å²) in [7, 11) is 0. The van der Waals surface area contributed by atoms with Crippen molar-refractivity contribution in [3.05, 3.63) is 24.0 Å². The average Bonchev–Trinajstić information content (AvgIpc) is 2.48. The Hall–Kier alpha value is -2.11. The number of carbonyl (C=O) groups excluding carboxylic acids is 1. The van der Waals surface area contributed by atoms with Gasteiger partial charge in [0, 0.05) is 18.2 Å². The normalized spacial score (nSPS) is 10.4. The smallest absolute Gasteiger partial charge is 0.328 e. The molecule has 1 amide bonds. The zero-order chi connectivity index (χ0) is 10.6. The first kappa shape index (κ1) is 9.97. The number of anilines is 1. The number of amides is 1. The number of carboxylic acid groups (broad SMARTS) is 1. The first-order valence-electron chi connectivity index (χ1n) is 3.73. The maximum Gasteiger partial charge on any atom is 0.328 e. The summed E-state index contributed by atoms with van der Waals surface area (Å²) in [6.07, 6.45) is 1.63. The molecule has 0 bridgehead atoms. The molecule has 0 spiro atoms. The number of rotatable bonds is 3. The van der Waals surface area contributed by atoms with E-state index in [1.807, 2.05) is 0 Å². The van der Waals surface area contributed by atoms with Gasteiger partial charge in [-0.3, -0.25) is 4.79 Å². The van der Waals surface area contributed by atoms with Gasteiger partial charge in [-0.2, -0.15) is 0 Å². The molecule has 0 fully saturated rings. The second-order valence-electron chi connectivity index (χ2n) is 2.48. The summed E-state index contributed by atoms with van der Waals surface area (Å²) in [5, 5.41) is 14.1. The quantitative estimate of drug-likeness (QED) is 0.689. The number of aryl methyl sites for hydroxylation is 1. The Morgan fingerprint density at radius 2 is 2.29 bits per heavy atom. The second-order valence-corrected chi connectivity index (χ2v) is 2.48. The summed E-state index contributed by atoms with van der Waals surface area (Å²) >= 11 is 0. The third-order valence-electron chi connectivity index (χ3n) is 1.26. The minimum Gasteiger partial charge on any atom is -0.478 e. The lowest BCUT2D eigenvalue weighted by atomic mass is 10.4. The van der Waals surface area contributed by atoms with E-state index in [1.54, 1.807) is 6.92 Å². The van der Waals surface area contributed by atoms with E-state index in [2.05, 4.69) is 15.0 Å². The molecule has 0 aliphatic rings. The molecule has 1 heterocycles. The number of hydrogen-bond acceptors (Lipinski definition) is 4. The average molecular weight is 196 g/mol. The van der Waals surface area contributed by atoms with Crippen molar-refractivity contribution in [2.24, 2.45) is 0 Å². The van der Waals surface area contributed by atoms with Crippen molar-refractivity contribution in [1.29, 1.82) is 0 Å². The lowest BCUT2D eigenvalue weighted by molar-refractivity contribution is -0.131. The van der Waals surface area contributed by atoms with Crippen LogP contribution < -0.4 is 5.32 Å². The van der Waals surface area contributed by atoms with Gasteiger partial charge in [-0.05, 0) is 6.92 Å². The summed E-state index contributed by atoms with van der Waals surface area (Å²) in [5.74, 6) is -0.942. The van der Waals surface area contributed by atoms with Crippen LogP contribution in [0.1, 0.15) is 5.76 Å². The fraction of sp³-hybridized carbons (Fsp3) is 0.125. The van der Waals surface area contributed by atoms with E-state index < -0.39 is 11.9 Å². The van der Waals surface area contributed by atoms with E-state index in [1.165, 1.54) is 6.07 Å². The zero-order valence-electron chi connectivity index (χ0n) is 7.35. The van der Waals surface area contributed by atoms with Gasteiger partial charge in [0.2, 0.25) is 5.91 Å². The molecule has 0 radical (unpaired) electrons. The number of aliphatic carboxylic acids is 1. The molecule has 6 heteroatoms. The van der Waals surface area contributed by atoms with Gasteiger partial charge in [0.15, 0.2) is 5.82 Å². The van der Waals surface area contributed by atoms with E-state index in [0.717, 1.165) is 12.2 Å². The topological polar surface area (TPSA) is 92.4 Å². The molecule has 0 saturated heterocycles. The van der Waals surface area contributed by atoms with E-state index in [4.69, 9.17) is 5.11 Å². The maximum atomic E-state index is 11.0. The number of aromatic nitrogens is 1. The minimum atomic E-state index is -1.18. The Labute approximate surface area is 79.2 Å². The molecule has 74 valence electrons. The molecule has 6 nitrogen and oxygen atoms in total. The van der Waals surface area contributed by atoms with Crippen LogP contribution in [0.15, 0.2) is 22.7 Å². The lowest BCUT2D eigenvalue weighted by Crippen LogP contribution is -2.08. The van der Waals surface area contributed by atoms with Crippen LogP contribution in [0.2, 0.25) is 0 Å². The van der Waals surface area contributed by atoms with Crippen molar-refractivity contribution in [3.63, 3.8) is 0 Å². The highest BCUT2D eigenvalue weighted by Crippen LogP contribution is 2.06. The lowest BCUT2D eigenvalue weighted by Gasteiger charge is -1.92. The first-order chi connectivity index (χ1) is 6.58. The van der Waals surface area contributed by atoms with Gasteiger partial charge in [0.1, 0.15) is 5.76 Å². The summed E-state index contributed by atoms with van der Waals surface area (Å²) < 4.78 is 4.69. The van der Waals surface area contributed by atoms with Gasteiger partial charge in [0.25, 0.3) is 0 Å². The predicted octanol–water partition coefficient (Wildman–Crippen LogP) is 0.562. The van der Waals surface area contributed by atoms with Crippen LogP contribution in [0.5, 0.6) is 0 Å². The molecule has 0 aliphatic heterocycles. The van der Waals surface area contributed by atoms with Crippen LogP contribution in [0.4, 0.5) is 5.82 Å². The molecular weight excluding hydrogens is 188 g/mol. The van der Waals surface area contributed by atoms with Gasteiger partial charge in [-0.25, -0.2) is 4.79 Å². The number of hydrogen-bond donors (Lipinski definition) is 2. The Kier molecular flexibility index (Phi) is 3.01. The van der Waals surface area contributed by atoms with Gasteiger partial charge in [0.05, 0.1) is 0 Å². The zero-order valence-corrected chi connectivity index (χ0v) is 7.35. The van der Waals surface area contributed by atoms with Crippen molar-refractivity contribution >= 4 is 17.7 Å². The monoisotopic (exact) mass is 196 g/mol. The van der Waals surface area contributed by atoms with Crippen molar-refractivity contribution in [3.8, 4) is 0 Å². The molecular formula is C8H8N2O4. The van der Waals surface area contributed by atoms with Crippen molar-refractivity contribution in [2.45, 2.75) is 6.92 Å². The molecule has 0 atom stereocenters. The Morgan fingerprint density at radius 1 is 1.57 bits per heavy atom. The van der Waals surface area contributed by atoms with Gasteiger partial charge >= 0.3 is 5.97 Å². The highest BCUT2D eigenvalue weighted by Gasteiger charge is 2.02. The summed E-state index contributed by atoms with van der Waals surface area (Å²) in [5.41, 5.74) is 0. The molecule has 1 aromatic rings. The standard InChI is InChI=1S/C8H8N2O4/c1-5-4-6(10-14-5)9-7(11)2-3-8(12)13/h2-4H,1H3,(H,12,13)(H,9,10,11)/b3-2+. The molecule has 0 aliphatic carbocycles. The van der Waals surface area contributed by atoms with Gasteiger partial charge in [-0.15, -0.1) is 0 Å². The van der Waals surface area contributed by atoms with Crippen LogP contribution in [0.25, 0.3) is 0 Å². The number of carbonyl (C=O) groups is 2. The van der Waals surface area contributed by atoms with Crippen molar-refractivity contribution in [1.82, 2.24) is 5.16 Å². The molecule has 0 unspecified atom stereocenters. The maximum absolute atomic E-state index is 11.0.